The molecular weight excluding hydrogens is 418 g/mol. The van der Waals surface area contributed by atoms with Crippen LogP contribution in [0.25, 0.3) is 0 Å². The van der Waals surface area contributed by atoms with Gasteiger partial charge in [-0.05, 0) is 42.0 Å². The maximum atomic E-state index is 12.2. The zero-order chi connectivity index (χ0) is 22.5. The highest BCUT2D eigenvalue weighted by Crippen LogP contribution is 2.10. The summed E-state index contributed by atoms with van der Waals surface area (Å²) in [6.07, 6.45) is -0.0981. The molecule has 8 nitrogen and oxygen atoms in total. The van der Waals surface area contributed by atoms with E-state index in [0.29, 0.717) is 24.4 Å². The molecule has 0 fully saturated rings. The van der Waals surface area contributed by atoms with E-state index in [1.165, 1.54) is 7.11 Å². The number of carbonyl (C=O) groups is 3. The summed E-state index contributed by atoms with van der Waals surface area (Å²) >= 11 is 5.10. The number of amides is 2. The summed E-state index contributed by atoms with van der Waals surface area (Å²) < 4.78 is 9.66. The number of anilines is 1. The molecule has 0 saturated heterocycles. The molecule has 0 bridgehead atoms. The second-order valence-corrected chi connectivity index (χ2v) is 6.87. The predicted molar refractivity (Wildman–Crippen MR) is 120 cm³/mol. The van der Waals surface area contributed by atoms with Crippen molar-refractivity contribution in [2.45, 2.75) is 19.4 Å². The molecule has 2 rings (SSSR count). The minimum absolute atomic E-state index is 0.0475. The third-order valence-electron chi connectivity index (χ3n) is 4.06. The number of ether oxygens (including phenoxy) is 2. The standard InChI is InChI=1S/C22H25N3O5S/c1-29-13-14-30-20(27)12-11-19(26)25-22(31)24-18-9-7-17(8-10-18)21(28)23-15-16-5-3-2-4-6-16/h2-10H,11-15H2,1H3,(H,23,28)(H2,24,25,26,31). The van der Waals surface area contributed by atoms with Gasteiger partial charge in [-0.2, -0.15) is 0 Å². The summed E-state index contributed by atoms with van der Waals surface area (Å²) in [7, 11) is 1.50. The van der Waals surface area contributed by atoms with Crippen molar-refractivity contribution in [1.82, 2.24) is 10.6 Å². The largest absolute Gasteiger partial charge is 0.463 e. The smallest absolute Gasteiger partial charge is 0.306 e. The molecule has 2 amide bonds. The lowest BCUT2D eigenvalue weighted by atomic mass is 10.2. The van der Waals surface area contributed by atoms with E-state index in [1.54, 1.807) is 24.3 Å². The van der Waals surface area contributed by atoms with Gasteiger partial charge >= 0.3 is 5.97 Å². The molecule has 164 valence electrons. The molecule has 3 N–H and O–H groups in total. The fraction of sp³-hybridized carbons (Fsp3) is 0.273. The van der Waals surface area contributed by atoms with E-state index in [9.17, 15) is 14.4 Å². The number of esters is 1. The van der Waals surface area contributed by atoms with Crippen molar-refractivity contribution in [3.8, 4) is 0 Å². The van der Waals surface area contributed by atoms with Gasteiger partial charge in [-0.3, -0.25) is 14.4 Å². The second-order valence-electron chi connectivity index (χ2n) is 6.46. The SMILES string of the molecule is COCCOC(=O)CCC(=O)NC(=S)Nc1ccc(C(=O)NCc2ccccc2)cc1. The highest BCUT2D eigenvalue weighted by molar-refractivity contribution is 7.80. The summed E-state index contributed by atoms with van der Waals surface area (Å²) in [5, 5.41) is 8.31. The van der Waals surface area contributed by atoms with E-state index < -0.39 is 11.9 Å². The van der Waals surface area contributed by atoms with Gasteiger partial charge in [0.05, 0.1) is 13.0 Å². The van der Waals surface area contributed by atoms with E-state index in [-0.39, 0.29) is 30.5 Å². The third-order valence-corrected chi connectivity index (χ3v) is 4.26. The summed E-state index contributed by atoms with van der Waals surface area (Å²) in [5.74, 6) is -1.08. The fourth-order valence-corrected chi connectivity index (χ4v) is 2.69. The Morgan fingerprint density at radius 3 is 2.32 bits per heavy atom. The quantitative estimate of drug-likeness (QED) is 0.294. The van der Waals surface area contributed by atoms with Crippen molar-refractivity contribution in [3.05, 3.63) is 65.7 Å². The Balaban J connectivity index is 1.72. The lowest BCUT2D eigenvalue weighted by Gasteiger charge is -2.10. The monoisotopic (exact) mass is 443 g/mol. The Kier molecular flexibility index (Phi) is 10.1. The average molecular weight is 444 g/mol. The van der Waals surface area contributed by atoms with Gasteiger partial charge in [-0.1, -0.05) is 30.3 Å². The van der Waals surface area contributed by atoms with Crippen LogP contribution < -0.4 is 16.0 Å². The zero-order valence-electron chi connectivity index (χ0n) is 17.2. The summed E-state index contributed by atoms with van der Waals surface area (Å²) in [5.41, 5.74) is 2.13. The van der Waals surface area contributed by atoms with Crippen LogP contribution in [-0.2, 0) is 25.6 Å². The van der Waals surface area contributed by atoms with Gasteiger partial charge in [0.2, 0.25) is 5.91 Å². The van der Waals surface area contributed by atoms with Crippen molar-refractivity contribution in [1.29, 1.82) is 0 Å². The molecule has 0 radical (unpaired) electrons. The molecule has 0 saturated carbocycles. The Labute approximate surface area is 186 Å². The molecule has 2 aromatic rings. The first kappa shape index (κ1) is 24.0. The van der Waals surface area contributed by atoms with E-state index in [4.69, 9.17) is 21.7 Å². The van der Waals surface area contributed by atoms with E-state index in [1.807, 2.05) is 30.3 Å². The van der Waals surface area contributed by atoms with E-state index in [2.05, 4.69) is 16.0 Å². The number of nitrogens with one attached hydrogen (secondary N) is 3. The molecule has 0 aliphatic rings. The van der Waals surface area contributed by atoms with Crippen LogP contribution in [0.2, 0.25) is 0 Å². The highest BCUT2D eigenvalue weighted by Gasteiger charge is 2.10. The number of methoxy groups -OCH3 is 1. The Morgan fingerprint density at radius 2 is 1.65 bits per heavy atom. The summed E-state index contributed by atoms with van der Waals surface area (Å²) in [4.78, 5) is 35.6. The summed E-state index contributed by atoms with van der Waals surface area (Å²) in [6.45, 7) is 0.895. The van der Waals surface area contributed by atoms with E-state index in [0.717, 1.165) is 5.56 Å². The number of hydrogen-bond donors (Lipinski definition) is 3. The number of rotatable bonds is 10. The van der Waals surface area contributed by atoms with Crippen molar-refractivity contribution in [3.63, 3.8) is 0 Å². The summed E-state index contributed by atoms with van der Waals surface area (Å²) in [6, 6.07) is 16.3. The lowest BCUT2D eigenvalue weighted by Crippen LogP contribution is -2.34. The maximum absolute atomic E-state index is 12.2. The molecule has 0 aliphatic carbocycles. The number of hydrogen-bond acceptors (Lipinski definition) is 6. The zero-order valence-corrected chi connectivity index (χ0v) is 18.0. The van der Waals surface area contributed by atoms with Crippen molar-refractivity contribution in [2.24, 2.45) is 0 Å². The van der Waals surface area contributed by atoms with Crippen LogP contribution in [0.15, 0.2) is 54.6 Å². The molecule has 9 heteroatoms. The number of carbonyl (C=O) groups excluding carboxylic acids is 3. The van der Waals surface area contributed by atoms with Crippen LogP contribution in [0.4, 0.5) is 5.69 Å². The van der Waals surface area contributed by atoms with Crippen LogP contribution >= 0.6 is 12.2 Å². The van der Waals surface area contributed by atoms with Crippen molar-refractivity contribution < 1.29 is 23.9 Å². The topological polar surface area (TPSA) is 106 Å². The Bertz CT molecular complexity index is 888. The molecular formula is C22H25N3O5S. The van der Waals surface area contributed by atoms with Crippen LogP contribution in [-0.4, -0.2) is 43.2 Å². The maximum Gasteiger partial charge on any atom is 0.306 e. The lowest BCUT2D eigenvalue weighted by molar-refractivity contribution is -0.146. The van der Waals surface area contributed by atoms with Crippen LogP contribution in [0.1, 0.15) is 28.8 Å². The van der Waals surface area contributed by atoms with Gasteiger partial charge in [-0.25, -0.2) is 0 Å². The van der Waals surface area contributed by atoms with Crippen LogP contribution in [0, 0.1) is 0 Å². The third kappa shape index (κ3) is 9.37. The molecule has 31 heavy (non-hydrogen) atoms. The molecule has 0 atom stereocenters. The molecule has 0 heterocycles. The molecule has 0 aromatic heterocycles. The van der Waals surface area contributed by atoms with Gasteiger partial charge in [-0.15, -0.1) is 0 Å². The first-order valence-electron chi connectivity index (χ1n) is 9.65. The number of benzene rings is 2. The minimum atomic E-state index is -0.479. The van der Waals surface area contributed by atoms with Crippen LogP contribution in [0.3, 0.4) is 0 Å². The number of thiocarbonyl (C=S) groups is 1. The van der Waals surface area contributed by atoms with Gasteiger partial charge in [0.25, 0.3) is 5.91 Å². The Hall–Kier alpha value is -3.30. The van der Waals surface area contributed by atoms with Gasteiger partial charge in [0.1, 0.15) is 6.61 Å². The molecule has 2 aromatic carbocycles. The van der Waals surface area contributed by atoms with Gasteiger partial charge < -0.3 is 25.4 Å². The van der Waals surface area contributed by atoms with Gasteiger partial charge in [0.15, 0.2) is 5.11 Å². The highest BCUT2D eigenvalue weighted by atomic mass is 32.1. The molecule has 0 spiro atoms. The van der Waals surface area contributed by atoms with Gasteiger partial charge in [0, 0.05) is 31.3 Å². The second kappa shape index (κ2) is 13.1. The normalized spacial score (nSPS) is 10.1. The Morgan fingerprint density at radius 1 is 0.935 bits per heavy atom. The first-order chi connectivity index (χ1) is 15.0. The predicted octanol–water partition coefficient (Wildman–Crippen LogP) is 2.40. The van der Waals surface area contributed by atoms with Crippen molar-refractivity contribution >= 4 is 40.8 Å². The molecule has 0 aliphatic heterocycles. The minimum Gasteiger partial charge on any atom is -0.463 e. The first-order valence-corrected chi connectivity index (χ1v) is 10.1. The molecule has 0 unspecified atom stereocenters. The van der Waals surface area contributed by atoms with Crippen molar-refractivity contribution in [2.75, 3.05) is 25.6 Å². The van der Waals surface area contributed by atoms with Crippen LogP contribution in [0.5, 0.6) is 0 Å². The van der Waals surface area contributed by atoms with E-state index >= 15 is 0 Å². The fourth-order valence-electron chi connectivity index (χ4n) is 2.46. The average Bonchev–Trinajstić information content (AvgIpc) is 2.77.